The van der Waals surface area contributed by atoms with Crippen molar-refractivity contribution in [3.8, 4) is 11.3 Å². The van der Waals surface area contributed by atoms with Crippen LogP contribution in [-0.2, 0) is 23.5 Å². The maximum Gasteiger partial charge on any atom is 0.143 e. The normalized spacial score (nSPS) is 18.3. The molecule has 0 bridgehead atoms. The largest absolute Gasteiger partial charge is 0.362 e. The van der Waals surface area contributed by atoms with Gasteiger partial charge in [-0.3, -0.25) is 0 Å². The van der Waals surface area contributed by atoms with Gasteiger partial charge in [0.25, 0.3) is 0 Å². The molecule has 0 aliphatic carbocycles. The molecule has 0 spiro atoms. The number of likely N-dealkylation sites (tertiary alicyclic amines) is 1. The van der Waals surface area contributed by atoms with E-state index in [2.05, 4.69) is 102 Å². The molecule has 4 aromatic rings. The summed E-state index contributed by atoms with van der Waals surface area (Å²) in [6.07, 6.45) is 3.29. The number of aromatic nitrogens is 2. The van der Waals surface area contributed by atoms with E-state index < -0.39 is 0 Å². The van der Waals surface area contributed by atoms with E-state index in [1.807, 2.05) is 11.8 Å². The minimum Gasteiger partial charge on any atom is -0.362 e. The molecule has 0 N–H and O–H groups in total. The fourth-order valence-corrected chi connectivity index (χ4v) is 6.45. The van der Waals surface area contributed by atoms with Crippen LogP contribution < -0.4 is 0 Å². The second-order valence-electron chi connectivity index (χ2n) is 10.3. The number of thioether (sulfide) groups is 1. The number of nitrogens with zero attached hydrogens (tertiary/aromatic N) is 3. The first-order chi connectivity index (χ1) is 18.2. The second-order valence-corrected chi connectivity index (χ2v) is 11.4. The lowest BCUT2D eigenvalue weighted by atomic mass is 10.00. The summed E-state index contributed by atoms with van der Waals surface area (Å²) in [4.78, 5) is 8.96. The Balaban J connectivity index is 1.28. The average molecular weight is 510 g/mol. The zero-order valence-corrected chi connectivity index (χ0v) is 22.6. The van der Waals surface area contributed by atoms with Crippen LogP contribution in [0.3, 0.4) is 0 Å². The van der Waals surface area contributed by atoms with Gasteiger partial charge in [0.2, 0.25) is 0 Å². The van der Waals surface area contributed by atoms with Crippen LogP contribution >= 0.6 is 11.8 Å². The van der Waals surface area contributed by atoms with Crippen LogP contribution in [0.1, 0.15) is 47.2 Å². The third-order valence-electron chi connectivity index (χ3n) is 7.80. The van der Waals surface area contributed by atoms with Gasteiger partial charge in [-0.15, -0.1) is 11.8 Å². The van der Waals surface area contributed by atoms with Crippen LogP contribution in [0.15, 0.2) is 83.8 Å². The van der Waals surface area contributed by atoms with Gasteiger partial charge >= 0.3 is 0 Å². The Hall–Kier alpha value is -2.86. The van der Waals surface area contributed by atoms with Gasteiger partial charge in [-0.05, 0) is 62.1 Å². The van der Waals surface area contributed by atoms with Crippen molar-refractivity contribution in [3.05, 3.63) is 107 Å². The predicted octanol–water partition coefficient (Wildman–Crippen LogP) is 6.91. The molecule has 6 rings (SSSR count). The quantitative estimate of drug-likeness (QED) is 0.264. The summed E-state index contributed by atoms with van der Waals surface area (Å²) in [7, 11) is 2.20. The Kier molecular flexibility index (Phi) is 7.18. The van der Waals surface area contributed by atoms with Crippen LogP contribution in [0, 0.1) is 6.92 Å². The first kappa shape index (κ1) is 24.5. The number of benzene rings is 3. The van der Waals surface area contributed by atoms with Gasteiger partial charge in [0.05, 0.1) is 11.8 Å². The van der Waals surface area contributed by atoms with E-state index in [9.17, 15) is 0 Å². The fraction of sp³-hybridized carbons (Fsp3) is 0.344. The molecule has 3 heterocycles. The molecule has 1 aromatic heterocycles. The van der Waals surface area contributed by atoms with Crippen LogP contribution in [0.25, 0.3) is 11.3 Å². The van der Waals surface area contributed by atoms with E-state index in [-0.39, 0.29) is 12.2 Å². The van der Waals surface area contributed by atoms with E-state index in [0.717, 1.165) is 56.2 Å². The highest BCUT2D eigenvalue weighted by Gasteiger charge is 2.32. The molecule has 0 radical (unpaired) electrons. The SMILES string of the molecule is Cc1c(-c2ccc(SCc3ccccc3)cc2)nc2n1CCc1ccccc1C2OC1CCN(C)CC1. The molecule has 4 nitrogen and oxygen atoms in total. The molecular weight excluding hydrogens is 474 g/mol. The number of fused-ring (bicyclic) bond motifs is 2. The van der Waals surface area contributed by atoms with Crippen molar-refractivity contribution in [1.29, 1.82) is 0 Å². The summed E-state index contributed by atoms with van der Waals surface area (Å²) >= 11 is 1.87. The lowest BCUT2D eigenvalue weighted by molar-refractivity contribution is -0.0276. The van der Waals surface area contributed by atoms with Gasteiger partial charge in [0, 0.05) is 41.5 Å². The Morgan fingerprint density at radius 1 is 0.892 bits per heavy atom. The summed E-state index contributed by atoms with van der Waals surface area (Å²) in [6.45, 7) is 5.33. The monoisotopic (exact) mass is 509 g/mol. The van der Waals surface area contributed by atoms with E-state index in [0.29, 0.717) is 0 Å². The van der Waals surface area contributed by atoms with Crippen molar-refractivity contribution in [3.63, 3.8) is 0 Å². The van der Waals surface area contributed by atoms with Crippen molar-refractivity contribution >= 4 is 11.8 Å². The standard InChI is InChI=1S/C32H35N3OS/c1-23-30(26-12-14-28(15-13-26)37-22-24-8-4-3-5-9-24)33-32-31(36-27-17-19-34(2)20-18-27)29-11-7-6-10-25(29)16-21-35(23)32/h3-15,27,31H,16-22H2,1-2H3. The van der Waals surface area contributed by atoms with Gasteiger partial charge in [0.15, 0.2) is 0 Å². The number of rotatable bonds is 6. The van der Waals surface area contributed by atoms with Crippen molar-refractivity contribution in [2.24, 2.45) is 0 Å². The summed E-state index contributed by atoms with van der Waals surface area (Å²) in [5.41, 5.74) is 7.49. The Morgan fingerprint density at radius 2 is 1.62 bits per heavy atom. The molecule has 1 atom stereocenters. The molecular formula is C32H35N3OS. The van der Waals surface area contributed by atoms with Crippen molar-refractivity contribution in [1.82, 2.24) is 14.5 Å². The molecule has 37 heavy (non-hydrogen) atoms. The van der Waals surface area contributed by atoms with Gasteiger partial charge in [-0.25, -0.2) is 4.98 Å². The minimum atomic E-state index is -0.125. The lowest BCUT2D eigenvalue weighted by Crippen LogP contribution is -2.35. The maximum atomic E-state index is 6.90. The Bertz CT molecular complexity index is 1340. The average Bonchev–Trinajstić information content (AvgIpc) is 3.18. The molecule has 190 valence electrons. The van der Waals surface area contributed by atoms with E-state index in [1.165, 1.54) is 32.8 Å². The highest BCUT2D eigenvalue weighted by atomic mass is 32.2. The highest BCUT2D eigenvalue weighted by molar-refractivity contribution is 7.98. The summed E-state index contributed by atoms with van der Waals surface area (Å²) in [6, 6.07) is 28.4. The fourth-order valence-electron chi connectivity index (χ4n) is 5.60. The summed E-state index contributed by atoms with van der Waals surface area (Å²) < 4.78 is 9.31. The molecule has 1 fully saturated rings. The number of imidazole rings is 1. The van der Waals surface area contributed by atoms with E-state index in [4.69, 9.17) is 9.72 Å². The van der Waals surface area contributed by atoms with E-state index >= 15 is 0 Å². The Labute approximate surface area is 224 Å². The zero-order valence-electron chi connectivity index (χ0n) is 21.8. The molecule has 1 unspecified atom stereocenters. The van der Waals surface area contributed by atoms with Crippen LogP contribution in [0.2, 0.25) is 0 Å². The predicted molar refractivity (Wildman–Crippen MR) is 152 cm³/mol. The molecule has 0 saturated carbocycles. The lowest BCUT2D eigenvalue weighted by Gasteiger charge is -2.32. The maximum absolute atomic E-state index is 6.90. The topological polar surface area (TPSA) is 30.3 Å². The number of hydrogen-bond donors (Lipinski definition) is 0. The number of hydrogen-bond acceptors (Lipinski definition) is 4. The van der Waals surface area contributed by atoms with Gasteiger partial charge < -0.3 is 14.2 Å². The van der Waals surface area contributed by atoms with Crippen LogP contribution in [0.5, 0.6) is 0 Å². The van der Waals surface area contributed by atoms with Gasteiger partial charge in [-0.2, -0.15) is 0 Å². The summed E-state index contributed by atoms with van der Waals surface area (Å²) in [5.74, 6) is 2.03. The molecule has 1 saturated heterocycles. The number of ether oxygens (including phenoxy) is 1. The van der Waals surface area contributed by atoms with Gasteiger partial charge in [0.1, 0.15) is 11.9 Å². The summed E-state index contributed by atoms with van der Waals surface area (Å²) in [5, 5.41) is 0. The molecule has 2 aliphatic rings. The van der Waals surface area contributed by atoms with E-state index in [1.54, 1.807) is 0 Å². The molecule has 0 amide bonds. The smallest absolute Gasteiger partial charge is 0.143 e. The highest BCUT2D eigenvalue weighted by Crippen LogP contribution is 2.38. The van der Waals surface area contributed by atoms with Crippen LogP contribution in [-0.4, -0.2) is 40.7 Å². The van der Waals surface area contributed by atoms with Crippen molar-refractivity contribution in [2.45, 2.75) is 55.6 Å². The zero-order chi connectivity index (χ0) is 25.2. The minimum absolute atomic E-state index is 0.125. The molecule has 5 heteroatoms. The van der Waals surface area contributed by atoms with Crippen molar-refractivity contribution < 1.29 is 4.74 Å². The first-order valence-corrected chi connectivity index (χ1v) is 14.4. The first-order valence-electron chi connectivity index (χ1n) is 13.4. The third kappa shape index (κ3) is 5.26. The van der Waals surface area contributed by atoms with Gasteiger partial charge in [-0.1, -0.05) is 66.7 Å². The number of aryl methyl sites for hydroxylation is 1. The van der Waals surface area contributed by atoms with Crippen LogP contribution in [0.4, 0.5) is 0 Å². The van der Waals surface area contributed by atoms with Crippen molar-refractivity contribution in [2.75, 3.05) is 20.1 Å². The molecule has 3 aromatic carbocycles. The third-order valence-corrected chi connectivity index (χ3v) is 8.88. The Morgan fingerprint density at radius 3 is 2.41 bits per heavy atom. The second kappa shape index (κ2) is 10.9. The molecule has 2 aliphatic heterocycles. The number of piperidine rings is 1.